The fourth-order valence-electron chi connectivity index (χ4n) is 3.21. The number of hydrogen-bond acceptors (Lipinski definition) is 2. The molecule has 1 saturated heterocycles. The van der Waals surface area contributed by atoms with Crippen molar-refractivity contribution in [1.29, 1.82) is 0 Å². The maximum Gasteiger partial charge on any atom is 0.270 e. The van der Waals surface area contributed by atoms with E-state index in [9.17, 15) is 4.79 Å². The Balaban J connectivity index is 1.90. The number of halogens is 1. The molecular formula is C14H20ClN3O. The van der Waals surface area contributed by atoms with Gasteiger partial charge in [0.15, 0.2) is 0 Å². The van der Waals surface area contributed by atoms with Crippen LogP contribution in [0.5, 0.6) is 0 Å². The summed E-state index contributed by atoms with van der Waals surface area (Å²) in [5, 5.41) is 4.10. The van der Waals surface area contributed by atoms with E-state index in [0.717, 1.165) is 67.3 Å². The highest BCUT2D eigenvalue weighted by Gasteiger charge is 2.31. The molecule has 2 aliphatic rings. The predicted molar refractivity (Wildman–Crippen MR) is 75.8 cm³/mol. The third-order valence-corrected chi connectivity index (χ3v) is 4.77. The number of aromatic amines is 1. The number of carbonyl (C=O) groups is 1. The Morgan fingerprint density at radius 2 is 2.05 bits per heavy atom. The molecule has 0 saturated carbocycles. The van der Waals surface area contributed by atoms with Gasteiger partial charge in [-0.15, -0.1) is 0 Å². The summed E-state index contributed by atoms with van der Waals surface area (Å²) in [6.07, 6.45) is 3.99. The Morgan fingerprint density at radius 3 is 2.79 bits per heavy atom. The monoisotopic (exact) mass is 281 g/mol. The minimum Gasteiger partial charge on any atom is -0.353 e. The molecule has 1 aromatic heterocycles. The maximum atomic E-state index is 12.7. The first-order chi connectivity index (χ1) is 9.18. The first-order valence-electron chi connectivity index (χ1n) is 7.07. The number of rotatable bonds is 1. The molecule has 0 radical (unpaired) electrons. The average Bonchev–Trinajstić information content (AvgIpc) is 2.62. The van der Waals surface area contributed by atoms with Gasteiger partial charge in [0.05, 0.1) is 5.02 Å². The Labute approximate surface area is 118 Å². The summed E-state index contributed by atoms with van der Waals surface area (Å²) in [5.41, 5.74) is 2.64. The van der Waals surface area contributed by atoms with Crippen LogP contribution in [0.4, 0.5) is 0 Å². The summed E-state index contributed by atoms with van der Waals surface area (Å²) in [7, 11) is 0. The van der Waals surface area contributed by atoms with E-state index in [1.807, 2.05) is 6.92 Å². The van der Waals surface area contributed by atoms with Gasteiger partial charge in [-0.05, 0) is 45.7 Å². The third kappa shape index (κ3) is 2.28. The number of H-pyrrole nitrogens is 1. The van der Waals surface area contributed by atoms with E-state index in [-0.39, 0.29) is 5.91 Å². The van der Waals surface area contributed by atoms with Crippen molar-refractivity contribution in [2.45, 2.75) is 38.6 Å². The SMILES string of the molecule is Cc1[nH]c2c(c1Cl)CCCN(C1CCNCC1)C2=O. The Kier molecular flexibility index (Phi) is 3.54. The predicted octanol–water partition coefficient (Wildman–Crippen LogP) is 2.12. The fraction of sp³-hybridized carbons (Fsp3) is 0.643. The van der Waals surface area contributed by atoms with Crippen LogP contribution in [0.3, 0.4) is 0 Å². The lowest BCUT2D eigenvalue weighted by Crippen LogP contribution is -2.46. The number of carbonyl (C=O) groups excluding carboxylic acids is 1. The molecule has 0 atom stereocenters. The van der Waals surface area contributed by atoms with Crippen molar-refractivity contribution < 1.29 is 4.79 Å². The zero-order valence-electron chi connectivity index (χ0n) is 11.3. The summed E-state index contributed by atoms with van der Waals surface area (Å²) in [5.74, 6) is 0.134. The minimum absolute atomic E-state index is 0.134. The van der Waals surface area contributed by atoms with Crippen molar-refractivity contribution in [1.82, 2.24) is 15.2 Å². The van der Waals surface area contributed by atoms with Gasteiger partial charge < -0.3 is 15.2 Å². The first kappa shape index (κ1) is 13.0. The van der Waals surface area contributed by atoms with Gasteiger partial charge in [0.2, 0.25) is 0 Å². The molecule has 0 bridgehead atoms. The Hall–Kier alpha value is -1.00. The lowest BCUT2D eigenvalue weighted by Gasteiger charge is -2.33. The molecule has 1 aromatic rings. The largest absolute Gasteiger partial charge is 0.353 e. The van der Waals surface area contributed by atoms with Gasteiger partial charge in [0, 0.05) is 23.8 Å². The second-order valence-corrected chi connectivity index (χ2v) is 5.88. The molecule has 0 unspecified atom stereocenters. The van der Waals surface area contributed by atoms with E-state index in [1.54, 1.807) is 0 Å². The van der Waals surface area contributed by atoms with E-state index in [0.29, 0.717) is 6.04 Å². The van der Waals surface area contributed by atoms with E-state index in [4.69, 9.17) is 11.6 Å². The van der Waals surface area contributed by atoms with Crippen LogP contribution in [0, 0.1) is 6.92 Å². The molecule has 2 N–H and O–H groups in total. The molecule has 3 rings (SSSR count). The molecule has 104 valence electrons. The number of nitrogens with one attached hydrogen (secondary N) is 2. The van der Waals surface area contributed by atoms with Crippen molar-refractivity contribution in [2.24, 2.45) is 0 Å². The van der Waals surface area contributed by atoms with Crippen LogP contribution in [-0.4, -0.2) is 41.5 Å². The van der Waals surface area contributed by atoms with Crippen LogP contribution in [0.15, 0.2) is 0 Å². The zero-order chi connectivity index (χ0) is 13.4. The number of piperidine rings is 1. The summed E-state index contributed by atoms with van der Waals surface area (Å²) in [6, 6.07) is 0.377. The second kappa shape index (κ2) is 5.17. The van der Waals surface area contributed by atoms with Crippen LogP contribution in [0.2, 0.25) is 5.02 Å². The van der Waals surface area contributed by atoms with Crippen molar-refractivity contribution >= 4 is 17.5 Å². The van der Waals surface area contributed by atoms with Crippen LogP contribution in [0.1, 0.15) is 41.0 Å². The topological polar surface area (TPSA) is 48.1 Å². The maximum absolute atomic E-state index is 12.7. The average molecular weight is 282 g/mol. The summed E-state index contributed by atoms with van der Waals surface area (Å²) >= 11 is 6.29. The molecular weight excluding hydrogens is 262 g/mol. The highest BCUT2D eigenvalue weighted by molar-refractivity contribution is 6.32. The van der Waals surface area contributed by atoms with Gasteiger partial charge in [0.25, 0.3) is 5.91 Å². The summed E-state index contributed by atoms with van der Waals surface area (Å²) in [6.45, 7) is 4.79. The van der Waals surface area contributed by atoms with Gasteiger partial charge in [-0.1, -0.05) is 11.6 Å². The van der Waals surface area contributed by atoms with Gasteiger partial charge in [-0.3, -0.25) is 4.79 Å². The number of aromatic nitrogens is 1. The number of amides is 1. The van der Waals surface area contributed by atoms with Crippen LogP contribution >= 0.6 is 11.6 Å². The van der Waals surface area contributed by atoms with Gasteiger partial charge in [-0.25, -0.2) is 0 Å². The van der Waals surface area contributed by atoms with E-state index < -0.39 is 0 Å². The molecule has 2 aliphatic heterocycles. The number of hydrogen-bond donors (Lipinski definition) is 2. The van der Waals surface area contributed by atoms with Crippen molar-refractivity contribution in [3.8, 4) is 0 Å². The second-order valence-electron chi connectivity index (χ2n) is 5.50. The zero-order valence-corrected chi connectivity index (χ0v) is 12.0. The third-order valence-electron chi connectivity index (χ3n) is 4.26. The van der Waals surface area contributed by atoms with Crippen molar-refractivity contribution in [2.75, 3.05) is 19.6 Å². The van der Waals surface area contributed by atoms with Gasteiger partial charge in [-0.2, -0.15) is 0 Å². The standard InChI is InChI=1S/C14H20ClN3O/c1-9-12(15)11-3-2-8-18(14(19)13(11)17-9)10-4-6-16-7-5-10/h10,16-17H,2-8H2,1H3. The summed E-state index contributed by atoms with van der Waals surface area (Å²) < 4.78 is 0. The Morgan fingerprint density at radius 1 is 1.32 bits per heavy atom. The molecule has 3 heterocycles. The van der Waals surface area contributed by atoms with Gasteiger partial charge >= 0.3 is 0 Å². The first-order valence-corrected chi connectivity index (χ1v) is 7.45. The molecule has 0 aromatic carbocycles. The normalized spacial score (nSPS) is 21.4. The van der Waals surface area contributed by atoms with Crippen LogP contribution in [-0.2, 0) is 6.42 Å². The van der Waals surface area contributed by atoms with Crippen LogP contribution < -0.4 is 5.32 Å². The van der Waals surface area contributed by atoms with E-state index in [2.05, 4.69) is 15.2 Å². The molecule has 4 nitrogen and oxygen atoms in total. The smallest absolute Gasteiger partial charge is 0.270 e. The van der Waals surface area contributed by atoms with E-state index >= 15 is 0 Å². The fourth-order valence-corrected chi connectivity index (χ4v) is 3.45. The molecule has 0 aliphatic carbocycles. The summed E-state index contributed by atoms with van der Waals surface area (Å²) in [4.78, 5) is 18.0. The van der Waals surface area contributed by atoms with Crippen molar-refractivity contribution in [3.05, 3.63) is 22.0 Å². The lowest BCUT2D eigenvalue weighted by atomic mass is 10.0. The number of aryl methyl sites for hydroxylation is 1. The quantitative estimate of drug-likeness (QED) is 0.828. The molecule has 0 spiro atoms. The molecule has 19 heavy (non-hydrogen) atoms. The van der Waals surface area contributed by atoms with Gasteiger partial charge in [0.1, 0.15) is 5.69 Å². The number of fused-ring (bicyclic) bond motifs is 1. The van der Waals surface area contributed by atoms with Crippen molar-refractivity contribution in [3.63, 3.8) is 0 Å². The molecule has 1 fully saturated rings. The lowest BCUT2D eigenvalue weighted by molar-refractivity contribution is 0.0644. The van der Waals surface area contributed by atoms with E-state index in [1.165, 1.54) is 0 Å². The van der Waals surface area contributed by atoms with Crippen LogP contribution in [0.25, 0.3) is 0 Å². The highest BCUT2D eigenvalue weighted by atomic mass is 35.5. The molecule has 1 amide bonds. The Bertz CT molecular complexity index is 491. The minimum atomic E-state index is 0.134. The molecule has 5 heteroatoms. The number of nitrogens with zero attached hydrogens (tertiary/aromatic N) is 1. The highest BCUT2D eigenvalue weighted by Crippen LogP contribution is 2.30.